The molecule has 1 amide bonds. The Kier molecular flexibility index (Phi) is 5.33. The summed E-state index contributed by atoms with van der Waals surface area (Å²) in [5.74, 6) is 0.303. The molecule has 0 aliphatic rings. The van der Waals surface area contributed by atoms with E-state index in [9.17, 15) is 9.59 Å². The molecular formula is C21H22ClN3O2. The minimum Gasteiger partial charge on any atom is -0.336 e. The highest BCUT2D eigenvalue weighted by atomic mass is 35.5. The Morgan fingerprint density at radius 1 is 1.07 bits per heavy atom. The van der Waals surface area contributed by atoms with Crippen LogP contribution in [0.25, 0.3) is 16.6 Å². The maximum Gasteiger partial charge on any atom is 0.266 e. The molecule has 0 fully saturated rings. The summed E-state index contributed by atoms with van der Waals surface area (Å²) in [4.78, 5) is 32.1. The molecule has 27 heavy (non-hydrogen) atoms. The van der Waals surface area contributed by atoms with Crippen LogP contribution in [-0.2, 0) is 4.79 Å². The van der Waals surface area contributed by atoms with Gasteiger partial charge in [-0.05, 0) is 31.2 Å². The van der Waals surface area contributed by atoms with Gasteiger partial charge in [0.1, 0.15) is 5.82 Å². The molecular weight excluding hydrogens is 362 g/mol. The molecule has 140 valence electrons. The Morgan fingerprint density at radius 2 is 1.70 bits per heavy atom. The molecule has 1 unspecified atom stereocenters. The minimum absolute atomic E-state index is 0.0179. The van der Waals surface area contributed by atoms with Crippen molar-refractivity contribution in [3.05, 3.63) is 69.7 Å². The molecule has 0 radical (unpaired) electrons. The van der Waals surface area contributed by atoms with Crippen LogP contribution < -0.4 is 5.56 Å². The molecule has 3 rings (SSSR count). The summed E-state index contributed by atoms with van der Waals surface area (Å²) in [5, 5.41) is 0.953. The van der Waals surface area contributed by atoms with Gasteiger partial charge in [0.25, 0.3) is 5.56 Å². The van der Waals surface area contributed by atoms with Crippen molar-refractivity contribution >= 4 is 28.4 Å². The molecule has 6 heteroatoms. The third-order valence-electron chi connectivity index (χ3n) is 4.69. The second kappa shape index (κ2) is 7.53. The Bertz CT molecular complexity index is 1060. The zero-order chi connectivity index (χ0) is 19.7. The normalized spacial score (nSPS) is 12.4. The summed E-state index contributed by atoms with van der Waals surface area (Å²) in [6.07, 6.45) is 0. The predicted molar refractivity (Wildman–Crippen MR) is 108 cm³/mol. The number of carbonyl (C=O) groups excluding carboxylic acids is 1. The summed E-state index contributed by atoms with van der Waals surface area (Å²) >= 11 is 6.38. The number of halogens is 1. The van der Waals surface area contributed by atoms with Gasteiger partial charge in [-0.25, -0.2) is 4.98 Å². The van der Waals surface area contributed by atoms with E-state index in [-0.39, 0.29) is 17.4 Å². The highest BCUT2D eigenvalue weighted by Gasteiger charge is 2.25. The van der Waals surface area contributed by atoms with Crippen LogP contribution in [0.15, 0.2) is 53.3 Å². The van der Waals surface area contributed by atoms with Crippen molar-refractivity contribution in [1.82, 2.24) is 14.5 Å². The molecule has 5 nitrogen and oxygen atoms in total. The van der Waals surface area contributed by atoms with Crippen molar-refractivity contribution in [2.75, 3.05) is 7.05 Å². The lowest BCUT2D eigenvalue weighted by Crippen LogP contribution is -2.36. The SMILES string of the molecule is CC(C)C(=O)N(C)C(C)c1nc2ccccc2c(=O)n1-c1ccccc1Cl. The highest BCUT2D eigenvalue weighted by molar-refractivity contribution is 6.32. The maximum atomic E-state index is 13.3. The number of hydrogen-bond acceptors (Lipinski definition) is 3. The average Bonchev–Trinajstić information content (AvgIpc) is 2.67. The van der Waals surface area contributed by atoms with Crippen LogP contribution in [-0.4, -0.2) is 27.4 Å². The molecule has 0 N–H and O–H groups in total. The monoisotopic (exact) mass is 383 g/mol. The summed E-state index contributed by atoms with van der Waals surface area (Å²) in [6.45, 7) is 5.56. The summed E-state index contributed by atoms with van der Waals surface area (Å²) in [7, 11) is 1.73. The van der Waals surface area contributed by atoms with E-state index < -0.39 is 6.04 Å². The van der Waals surface area contributed by atoms with E-state index in [1.807, 2.05) is 39.0 Å². The Balaban J connectivity index is 2.31. The van der Waals surface area contributed by atoms with Gasteiger partial charge in [-0.15, -0.1) is 0 Å². The van der Waals surface area contributed by atoms with E-state index in [1.54, 1.807) is 42.3 Å². The summed E-state index contributed by atoms with van der Waals surface area (Å²) < 4.78 is 1.51. The molecule has 0 spiro atoms. The molecule has 0 bridgehead atoms. The number of hydrogen-bond donors (Lipinski definition) is 0. The summed E-state index contributed by atoms with van der Waals surface area (Å²) in [6, 6.07) is 13.9. The van der Waals surface area contributed by atoms with Crippen LogP contribution >= 0.6 is 11.6 Å². The number of para-hydroxylation sites is 2. The van der Waals surface area contributed by atoms with Gasteiger partial charge >= 0.3 is 0 Å². The van der Waals surface area contributed by atoms with Gasteiger partial charge in [-0.1, -0.05) is 49.7 Å². The second-order valence-electron chi connectivity index (χ2n) is 6.86. The van der Waals surface area contributed by atoms with Gasteiger partial charge in [0.05, 0.1) is 27.7 Å². The van der Waals surface area contributed by atoms with Gasteiger partial charge in [0, 0.05) is 13.0 Å². The first-order chi connectivity index (χ1) is 12.8. The lowest BCUT2D eigenvalue weighted by atomic mass is 10.1. The highest BCUT2D eigenvalue weighted by Crippen LogP contribution is 2.26. The van der Waals surface area contributed by atoms with Crippen molar-refractivity contribution in [3.63, 3.8) is 0 Å². The molecule has 0 aliphatic carbocycles. The fraction of sp³-hybridized carbons (Fsp3) is 0.286. The lowest BCUT2D eigenvalue weighted by Gasteiger charge is -2.28. The lowest BCUT2D eigenvalue weighted by molar-refractivity contribution is -0.135. The first kappa shape index (κ1) is 19.1. The van der Waals surface area contributed by atoms with Gasteiger partial charge in [0.15, 0.2) is 0 Å². The molecule has 1 atom stereocenters. The fourth-order valence-corrected chi connectivity index (χ4v) is 3.29. The maximum absolute atomic E-state index is 13.3. The number of amides is 1. The molecule has 3 aromatic rings. The number of rotatable bonds is 4. The topological polar surface area (TPSA) is 55.2 Å². The number of fused-ring (bicyclic) bond motifs is 1. The Morgan fingerprint density at radius 3 is 2.37 bits per heavy atom. The summed E-state index contributed by atoms with van der Waals surface area (Å²) in [5.41, 5.74) is 0.939. The fourth-order valence-electron chi connectivity index (χ4n) is 3.07. The smallest absolute Gasteiger partial charge is 0.266 e. The van der Waals surface area contributed by atoms with E-state index in [0.29, 0.717) is 27.4 Å². The molecule has 0 aliphatic heterocycles. The largest absolute Gasteiger partial charge is 0.336 e. The number of benzene rings is 2. The van der Waals surface area contributed by atoms with Gasteiger partial charge < -0.3 is 4.90 Å². The van der Waals surface area contributed by atoms with Gasteiger partial charge in [-0.2, -0.15) is 0 Å². The first-order valence-electron chi connectivity index (χ1n) is 8.86. The van der Waals surface area contributed by atoms with Crippen molar-refractivity contribution < 1.29 is 4.79 Å². The predicted octanol–water partition coefficient (Wildman–Crippen LogP) is 4.21. The van der Waals surface area contributed by atoms with Crippen molar-refractivity contribution in [3.8, 4) is 5.69 Å². The Hall–Kier alpha value is -2.66. The van der Waals surface area contributed by atoms with Crippen LogP contribution in [0.3, 0.4) is 0 Å². The molecule has 0 saturated carbocycles. The standard InChI is InChI=1S/C21H22ClN3O2/c1-13(2)20(26)24(4)14(3)19-23-17-11-7-5-9-15(17)21(27)25(19)18-12-8-6-10-16(18)22/h5-14H,1-4H3. The number of aromatic nitrogens is 2. The van der Waals surface area contributed by atoms with Crippen LogP contribution in [0.5, 0.6) is 0 Å². The van der Waals surface area contributed by atoms with Crippen LogP contribution in [0.1, 0.15) is 32.6 Å². The average molecular weight is 384 g/mol. The third kappa shape index (κ3) is 3.47. The Labute approximate surface area is 163 Å². The van der Waals surface area contributed by atoms with Crippen molar-refractivity contribution in [2.24, 2.45) is 5.92 Å². The van der Waals surface area contributed by atoms with E-state index in [2.05, 4.69) is 0 Å². The first-order valence-corrected chi connectivity index (χ1v) is 9.24. The molecule has 2 aromatic carbocycles. The minimum atomic E-state index is -0.409. The van der Waals surface area contributed by atoms with E-state index in [1.165, 1.54) is 4.57 Å². The van der Waals surface area contributed by atoms with Gasteiger partial charge in [-0.3, -0.25) is 14.2 Å². The van der Waals surface area contributed by atoms with Crippen LogP contribution in [0.4, 0.5) is 0 Å². The molecule has 1 heterocycles. The quantitative estimate of drug-likeness (QED) is 0.678. The number of nitrogens with zero attached hydrogens (tertiary/aromatic N) is 3. The van der Waals surface area contributed by atoms with Crippen molar-refractivity contribution in [2.45, 2.75) is 26.8 Å². The van der Waals surface area contributed by atoms with E-state index in [0.717, 1.165) is 0 Å². The van der Waals surface area contributed by atoms with Gasteiger partial charge in [0.2, 0.25) is 5.91 Å². The third-order valence-corrected chi connectivity index (χ3v) is 5.01. The number of carbonyl (C=O) groups is 1. The van der Waals surface area contributed by atoms with Crippen molar-refractivity contribution in [1.29, 1.82) is 0 Å². The zero-order valence-electron chi connectivity index (χ0n) is 15.8. The zero-order valence-corrected chi connectivity index (χ0v) is 16.6. The van der Waals surface area contributed by atoms with Crippen LogP contribution in [0.2, 0.25) is 5.02 Å². The van der Waals surface area contributed by atoms with Crippen LogP contribution in [0, 0.1) is 5.92 Å². The van der Waals surface area contributed by atoms with E-state index >= 15 is 0 Å². The second-order valence-corrected chi connectivity index (χ2v) is 7.27. The molecule has 1 aromatic heterocycles. The molecule has 0 saturated heterocycles. The van der Waals surface area contributed by atoms with E-state index in [4.69, 9.17) is 16.6 Å².